The summed E-state index contributed by atoms with van der Waals surface area (Å²) in [4.78, 5) is 129. The van der Waals surface area contributed by atoms with Crippen molar-refractivity contribution in [3.05, 3.63) is 208 Å². The Morgan fingerprint density at radius 1 is 0.417 bits per heavy atom. The zero-order chi connectivity index (χ0) is 49.6. The summed E-state index contributed by atoms with van der Waals surface area (Å²) in [6.45, 7) is 0. The van der Waals surface area contributed by atoms with Crippen LogP contribution < -0.4 is 27.1 Å². The molecule has 17 nitrogen and oxygen atoms in total. The molecule has 72 heavy (non-hydrogen) atoms. The minimum absolute atomic E-state index is 0.0475. The van der Waals surface area contributed by atoms with Crippen molar-refractivity contribution in [2.75, 3.05) is 11.9 Å². The molecule has 0 aliphatic carbocycles. The number of amides is 4. The van der Waals surface area contributed by atoms with Gasteiger partial charge in [0, 0.05) is 36.3 Å². The number of ketones is 1. The first-order valence-corrected chi connectivity index (χ1v) is 22.2. The van der Waals surface area contributed by atoms with Crippen LogP contribution in [0.15, 0.2) is 161 Å². The topological polar surface area (TPSA) is 222 Å². The van der Waals surface area contributed by atoms with E-state index < -0.39 is 51.6 Å². The fraction of sp³-hybridized carbons (Fsp3) is 0.0364. The molecule has 0 N–H and O–H groups in total. The number of fused-ring (bicyclic) bond motifs is 6. The summed E-state index contributed by atoms with van der Waals surface area (Å²) < 4.78 is 14.3. The van der Waals surface area contributed by atoms with Gasteiger partial charge in [-0.2, -0.15) is 0 Å². The van der Waals surface area contributed by atoms with Gasteiger partial charge in [-0.1, -0.05) is 24.3 Å². The highest BCUT2D eigenvalue weighted by Crippen LogP contribution is 2.35. The second-order valence-corrected chi connectivity index (χ2v) is 17.5. The van der Waals surface area contributed by atoms with Gasteiger partial charge < -0.3 is 8.83 Å². The summed E-state index contributed by atoms with van der Waals surface area (Å²) in [5.74, 6) is -2.02. The average Bonchev–Trinajstić information content (AvgIpc) is 4.22. The smallest absolute Gasteiger partial charge is 0.266 e. The molecule has 17 heteroatoms. The summed E-state index contributed by atoms with van der Waals surface area (Å²) >= 11 is 0. The lowest BCUT2D eigenvalue weighted by atomic mass is 9.96. The Morgan fingerprint density at radius 3 is 1.51 bits per heavy atom. The first-order valence-electron chi connectivity index (χ1n) is 22.2. The Labute approximate surface area is 401 Å². The van der Waals surface area contributed by atoms with Crippen molar-refractivity contribution in [3.63, 3.8) is 0 Å². The van der Waals surface area contributed by atoms with E-state index in [0.29, 0.717) is 56.5 Å². The number of imide groups is 2. The summed E-state index contributed by atoms with van der Waals surface area (Å²) in [7, 11) is 2.71. The minimum atomic E-state index is -0.612. The van der Waals surface area contributed by atoms with Gasteiger partial charge in [0.25, 0.3) is 45.9 Å². The van der Waals surface area contributed by atoms with Crippen LogP contribution in [0.1, 0.15) is 57.4 Å². The number of carbonyl (C=O) groups excluding carboxylic acids is 5. The molecule has 13 rings (SSSR count). The highest BCUT2D eigenvalue weighted by atomic mass is 16.4. The molecule has 0 radical (unpaired) electrons. The quantitative estimate of drug-likeness (QED) is 0.116. The van der Waals surface area contributed by atoms with Gasteiger partial charge in [0.2, 0.25) is 11.8 Å². The lowest BCUT2D eigenvalue weighted by molar-refractivity contribution is 0.0692. The number of aromatic nitrogens is 4. The van der Waals surface area contributed by atoms with E-state index in [1.165, 1.54) is 62.6 Å². The summed E-state index contributed by atoms with van der Waals surface area (Å²) in [6.07, 6.45) is 0. The van der Waals surface area contributed by atoms with Gasteiger partial charge >= 0.3 is 0 Å². The van der Waals surface area contributed by atoms with Gasteiger partial charge in [0.05, 0.1) is 55.2 Å². The standard InChI is InChI=1S/C55H28N6O11/c1-58-48(63)33-15-7-29(19-35(33)49(58)64)45(62)30-8-16-34-36(20-30)53(68)60(52(34)67)31-11-3-25(4-12-31)46-56-41-17-9-28(22-44(41)72-46)27-10-18-43-42(21-27)57-47(71-43)26-5-13-32(14-6-26)61-54(69)39-23-37-38(24-40(39)55(61)70)51(66)59(2)50(37)65/h3-24H,1-2H3. The predicted octanol–water partition coefficient (Wildman–Crippen LogP) is 6.98. The Hall–Kier alpha value is -10.3. The van der Waals surface area contributed by atoms with E-state index in [0.717, 1.165) is 30.1 Å². The molecule has 0 atom stereocenters. The number of rotatable bonds is 7. The van der Waals surface area contributed by atoms with Crippen molar-refractivity contribution in [2.24, 2.45) is 7.05 Å². The molecule has 2 aliphatic heterocycles. The molecule has 0 fully saturated rings. The molecule has 4 amide bonds. The highest BCUT2D eigenvalue weighted by Gasteiger charge is 2.38. The predicted molar refractivity (Wildman–Crippen MR) is 263 cm³/mol. The van der Waals surface area contributed by atoms with Crippen molar-refractivity contribution in [1.82, 2.24) is 24.0 Å². The van der Waals surface area contributed by atoms with Crippen molar-refractivity contribution >= 4 is 78.8 Å². The zero-order valence-electron chi connectivity index (χ0n) is 37.4. The second kappa shape index (κ2) is 14.9. The SMILES string of the molecule is CN1C(=O)c2ccc(C(=O)c3ccc4c(c3)C(=O)N(c3ccc(-c5nc6ccc(-c7ccc8oc(-c9ccc(-n%10c(=O)c%11cc%12c(=O)n(C)c(=O)c%12cc%11c%10=O)cc9)nc8c7)cc6o5)cc3)C4=O)cc2C1=O. The van der Waals surface area contributed by atoms with Crippen LogP contribution in [0.4, 0.5) is 5.69 Å². The summed E-state index contributed by atoms with van der Waals surface area (Å²) in [5.41, 5.74) is 4.07. The van der Waals surface area contributed by atoms with Crippen LogP contribution >= 0.6 is 0 Å². The third-order valence-electron chi connectivity index (χ3n) is 13.4. The van der Waals surface area contributed by atoms with Crippen LogP contribution in [0.25, 0.3) is 83.5 Å². The maximum absolute atomic E-state index is 13.7. The van der Waals surface area contributed by atoms with Gasteiger partial charge in [-0.3, -0.25) is 52.6 Å². The lowest BCUT2D eigenvalue weighted by Gasteiger charge is -2.13. The zero-order valence-corrected chi connectivity index (χ0v) is 37.4. The number of hydrogen-bond donors (Lipinski definition) is 0. The number of oxazole rings is 2. The molecule has 11 aromatic rings. The van der Waals surface area contributed by atoms with E-state index in [4.69, 9.17) is 13.8 Å². The highest BCUT2D eigenvalue weighted by molar-refractivity contribution is 6.35. The van der Waals surface area contributed by atoms with Crippen LogP contribution in [0.3, 0.4) is 0 Å². The van der Waals surface area contributed by atoms with E-state index in [1.807, 2.05) is 30.3 Å². The van der Waals surface area contributed by atoms with Crippen molar-refractivity contribution in [2.45, 2.75) is 0 Å². The van der Waals surface area contributed by atoms with Gasteiger partial charge in [-0.15, -0.1) is 0 Å². The molecular weight excluding hydrogens is 921 g/mol. The number of anilines is 1. The van der Waals surface area contributed by atoms with Gasteiger partial charge in [0.1, 0.15) is 11.0 Å². The monoisotopic (exact) mass is 948 g/mol. The van der Waals surface area contributed by atoms with Crippen LogP contribution in [0.2, 0.25) is 0 Å². The van der Waals surface area contributed by atoms with Crippen molar-refractivity contribution in [3.8, 4) is 39.7 Å². The molecule has 0 saturated carbocycles. The normalized spacial score (nSPS) is 13.5. The Kier molecular flexibility index (Phi) is 8.64. The molecule has 0 saturated heterocycles. The Morgan fingerprint density at radius 2 is 0.889 bits per heavy atom. The van der Waals surface area contributed by atoms with Crippen LogP contribution in [0, 0.1) is 0 Å². The molecule has 7 aromatic carbocycles. The number of benzene rings is 7. The molecule has 4 aromatic heterocycles. The first kappa shape index (κ1) is 41.9. The number of hydrogen-bond acceptors (Lipinski definition) is 13. The fourth-order valence-electron chi connectivity index (χ4n) is 9.58. The number of carbonyl (C=O) groups is 5. The van der Waals surface area contributed by atoms with Crippen LogP contribution in [-0.2, 0) is 7.05 Å². The largest absolute Gasteiger partial charge is 0.436 e. The van der Waals surface area contributed by atoms with Gasteiger partial charge in [-0.25, -0.2) is 19.4 Å². The molecule has 344 valence electrons. The van der Waals surface area contributed by atoms with Gasteiger partial charge in [0.15, 0.2) is 16.9 Å². The lowest BCUT2D eigenvalue weighted by Crippen LogP contribution is -2.29. The van der Waals surface area contributed by atoms with Crippen LogP contribution in [-0.4, -0.2) is 60.5 Å². The third kappa shape index (κ3) is 5.97. The summed E-state index contributed by atoms with van der Waals surface area (Å²) in [6, 6.07) is 35.3. The van der Waals surface area contributed by atoms with Crippen molar-refractivity contribution in [1.29, 1.82) is 0 Å². The first-order chi connectivity index (χ1) is 34.7. The molecule has 0 spiro atoms. The van der Waals surface area contributed by atoms with E-state index in [9.17, 15) is 43.2 Å². The molecule has 2 aliphatic rings. The Balaban J connectivity index is 0.721. The van der Waals surface area contributed by atoms with E-state index in [-0.39, 0.29) is 54.9 Å². The maximum Gasteiger partial charge on any atom is 0.266 e. The van der Waals surface area contributed by atoms with Gasteiger partial charge in [-0.05, 0) is 120 Å². The maximum atomic E-state index is 13.7. The second-order valence-electron chi connectivity index (χ2n) is 17.5. The van der Waals surface area contributed by atoms with Crippen molar-refractivity contribution < 1.29 is 32.8 Å². The fourth-order valence-corrected chi connectivity index (χ4v) is 9.58. The van der Waals surface area contributed by atoms with E-state index in [1.54, 1.807) is 54.6 Å². The molecule has 0 bridgehead atoms. The third-order valence-corrected chi connectivity index (χ3v) is 13.4. The minimum Gasteiger partial charge on any atom is -0.436 e. The Bertz CT molecular complexity index is 4490. The van der Waals surface area contributed by atoms with E-state index >= 15 is 0 Å². The molecule has 6 heterocycles. The van der Waals surface area contributed by atoms with E-state index in [2.05, 4.69) is 4.98 Å². The van der Waals surface area contributed by atoms with Crippen LogP contribution in [0.5, 0.6) is 0 Å². The number of nitrogens with zero attached hydrogens (tertiary/aromatic N) is 6. The molecule has 0 unspecified atom stereocenters. The molecular formula is C55H28N6O11. The summed E-state index contributed by atoms with van der Waals surface area (Å²) in [5, 5.41) is 0.258. The average molecular weight is 949 g/mol.